The number of ether oxygens (including phenoxy) is 1. The van der Waals surface area contributed by atoms with Gasteiger partial charge in [-0.15, -0.1) is 0 Å². The van der Waals surface area contributed by atoms with Gasteiger partial charge in [0.2, 0.25) is 10.0 Å². The molecule has 0 bridgehead atoms. The molecule has 0 radical (unpaired) electrons. The summed E-state index contributed by atoms with van der Waals surface area (Å²) in [4.78, 5) is 12.9. The lowest BCUT2D eigenvalue weighted by molar-refractivity contribution is 0.133. The van der Waals surface area contributed by atoms with E-state index in [0.717, 1.165) is 12.0 Å². The molecule has 9 heteroatoms. The van der Waals surface area contributed by atoms with Crippen LogP contribution in [0.25, 0.3) is 0 Å². The number of rotatable bonds is 10. The summed E-state index contributed by atoms with van der Waals surface area (Å²) in [6.45, 7) is 3.80. The van der Waals surface area contributed by atoms with Crippen LogP contribution in [0.4, 0.5) is 10.1 Å². The van der Waals surface area contributed by atoms with Crippen molar-refractivity contribution >= 4 is 15.7 Å². The van der Waals surface area contributed by atoms with Crippen LogP contribution in [-0.2, 0) is 34.8 Å². The first-order chi connectivity index (χ1) is 15.1. The standard InChI is InChI=1S/C23H31FN2O5S/c1-4-31-15-18-13-20(25-32(29,30)23(10-11-27)8-5-9-23)21(26(3)22(18)28)14-17-7-6-16(2)12-19(17)24/h6-7,12-13,25,27H,4-5,8-11,14-15H2,1-3H3. The molecule has 2 aromatic rings. The summed E-state index contributed by atoms with van der Waals surface area (Å²) >= 11 is 0. The minimum Gasteiger partial charge on any atom is -0.396 e. The summed E-state index contributed by atoms with van der Waals surface area (Å²) in [6.07, 6.45) is 1.87. The SMILES string of the molecule is CCOCc1cc(NS(=O)(=O)C2(CCO)CCC2)c(Cc2ccc(C)cc2F)n(C)c1=O. The number of aliphatic hydroxyl groups is 1. The highest BCUT2D eigenvalue weighted by atomic mass is 32.2. The first kappa shape index (κ1) is 24.4. The van der Waals surface area contributed by atoms with E-state index in [1.54, 1.807) is 33.0 Å². The Morgan fingerprint density at radius 2 is 1.97 bits per heavy atom. The number of halogens is 1. The van der Waals surface area contributed by atoms with E-state index in [9.17, 15) is 22.7 Å². The van der Waals surface area contributed by atoms with E-state index in [-0.39, 0.29) is 37.3 Å². The summed E-state index contributed by atoms with van der Waals surface area (Å²) in [5.74, 6) is -0.416. The van der Waals surface area contributed by atoms with Gasteiger partial charge in [-0.1, -0.05) is 18.6 Å². The first-order valence-corrected chi connectivity index (χ1v) is 12.3. The van der Waals surface area contributed by atoms with E-state index in [2.05, 4.69) is 4.72 Å². The number of benzene rings is 1. The highest BCUT2D eigenvalue weighted by molar-refractivity contribution is 7.94. The topological polar surface area (TPSA) is 97.6 Å². The lowest BCUT2D eigenvalue weighted by atomic mass is 9.82. The maximum absolute atomic E-state index is 14.6. The minimum absolute atomic E-state index is 0.0393. The largest absolute Gasteiger partial charge is 0.396 e. The van der Waals surface area contributed by atoms with Crippen molar-refractivity contribution in [1.82, 2.24) is 4.57 Å². The molecule has 32 heavy (non-hydrogen) atoms. The maximum Gasteiger partial charge on any atom is 0.256 e. The molecule has 1 aromatic carbocycles. The summed E-state index contributed by atoms with van der Waals surface area (Å²) in [6, 6.07) is 6.31. The normalized spacial score (nSPS) is 15.4. The second-order valence-corrected chi connectivity index (χ2v) is 10.5. The quantitative estimate of drug-likeness (QED) is 0.561. The van der Waals surface area contributed by atoms with Crippen molar-refractivity contribution in [3.8, 4) is 0 Å². The average Bonchev–Trinajstić information content (AvgIpc) is 2.70. The molecule has 2 N–H and O–H groups in total. The molecule has 0 amide bonds. The maximum atomic E-state index is 14.6. The second kappa shape index (κ2) is 9.72. The summed E-state index contributed by atoms with van der Waals surface area (Å²) in [5.41, 5.74) is 1.70. The van der Waals surface area contributed by atoms with Crippen LogP contribution in [0.5, 0.6) is 0 Å². The van der Waals surface area contributed by atoms with Crippen molar-refractivity contribution in [1.29, 1.82) is 0 Å². The molecule has 0 atom stereocenters. The predicted octanol–water partition coefficient (Wildman–Crippen LogP) is 3.01. The molecule has 1 saturated carbocycles. The van der Waals surface area contributed by atoms with Gasteiger partial charge in [0, 0.05) is 37.9 Å². The number of pyridine rings is 1. The van der Waals surface area contributed by atoms with Crippen LogP contribution in [-0.4, -0.2) is 36.1 Å². The zero-order chi connectivity index (χ0) is 23.5. The molecule has 0 aliphatic heterocycles. The Morgan fingerprint density at radius 1 is 1.25 bits per heavy atom. The molecule has 7 nitrogen and oxygen atoms in total. The van der Waals surface area contributed by atoms with Crippen LogP contribution in [0.15, 0.2) is 29.1 Å². The Bertz CT molecular complexity index is 1140. The van der Waals surface area contributed by atoms with Crippen molar-refractivity contribution in [2.45, 2.75) is 57.3 Å². The van der Waals surface area contributed by atoms with Gasteiger partial charge in [-0.05, 0) is 56.4 Å². The van der Waals surface area contributed by atoms with Crippen LogP contribution in [0.1, 0.15) is 55.0 Å². The Balaban J connectivity index is 2.09. The third kappa shape index (κ3) is 4.74. The molecule has 1 heterocycles. The zero-order valence-corrected chi connectivity index (χ0v) is 19.6. The highest BCUT2D eigenvalue weighted by Gasteiger charge is 2.48. The number of anilines is 1. The van der Waals surface area contributed by atoms with Gasteiger partial charge in [-0.2, -0.15) is 0 Å². The van der Waals surface area contributed by atoms with E-state index in [4.69, 9.17) is 4.74 Å². The Morgan fingerprint density at radius 3 is 2.53 bits per heavy atom. The Hall–Kier alpha value is -2.23. The van der Waals surface area contributed by atoms with Gasteiger partial charge in [0.05, 0.1) is 17.0 Å². The Labute approximate surface area is 188 Å². The minimum atomic E-state index is -3.86. The van der Waals surface area contributed by atoms with Gasteiger partial charge in [0.15, 0.2) is 0 Å². The van der Waals surface area contributed by atoms with Gasteiger partial charge in [-0.25, -0.2) is 12.8 Å². The van der Waals surface area contributed by atoms with Gasteiger partial charge >= 0.3 is 0 Å². The summed E-state index contributed by atoms with van der Waals surface area (Å²) in [5, 5.41) is 9.42. The van der Waals surface area contributed by atoms with E-state index < -0.39 is 20.6 Å². The predicted molar refractivity (Wildman–Crippen MR) is 122 cm³/mol. The van der Waals surface area contributed by atoms with Crippen molar-refractivity contribution in [2.75, 3.05) is 17.9 Å². The number of aryl methyl sites for hydroxylation is 1. The number of nitrogens with zero attached hydrogens (tertiary/aromatic N) is 1. The number of hydrogen-bond acceptors (Lipinski definition) is 5. The van der Waals surface area contributed by atoms with Crippen molar-refractivity contribution in [2.24, 2.45) is 7.05 Å². The third-order valence-corrected chi connectivity index (χ3v) is 8.53. The molecule has 1 fully saturated rings. The monoisotopic (exact) mass is 466 g/mol. The number of nitrogens with one attached hydrogen (secondary N) is 1. The van der Waals surface area contributed by atoms with Crippen LogP contribution in [0.2, 0.25) is 0 Å². The molecular formula is C23H31FN2O5S. The highest BCUT2D eigenvalue weighted by Crippen LogP contribution is 2.43. The third-order valence-electron chi connectivity index (χ3n) is 6.29. The lowest BCUT2D eigenvalue weighted by Crippen LogP contribution is -2.49. The van der Waals surface area contributed by atoms with Crippen molar-refractivity contribution in [3.05, 3.63) is 62.8 Å². The molecule has 1 aliphatic rings. The molecular weight excluding hydrogens is 435 g/mol. The van der Waals surface area contributed by atoms with Gasteiger partial charge in [0.25, 0.3) is 5.56 Å². The molecule has 1 aromatic heterocycles. The first-order valence-electron chi connectivity index (χ1n) is 10.8. The van der Waals surface area contributed by atoms with Crippen molar-refractivity contribution in [3.63, 3.8) is 0 Å². The molecule has 1 aliphatic carbocycles. The van der Waals surface area contributed by atoms with Gasteiger partial charge in [-0.3, -0.25) is 9.52 Å². The number of aromatic nitrogens is 1. The zero-order valence-electron chi connectivity index (χ0n) is 18.8. The Kier molecular flexibility index (Phi) is 7.42. The fourth-order valence-corrected chi connectivity index (χ4v) is 5.98. The van der Waals surface area contributed by atoms with E-state index in [1.165, 1.54) is 16.7 Å². The summed E-state index contributed by atoms with van der Waals surface area (Å²) in [7, 11) is -2.31. The number of sulfonamides is 1. The van der Waals surface area contributed by atoms with Crippen LogP contribution < -0.4 is 10.3 Å². The lowest BCUT2D eigenvalue weighted by Gasteiger charge is -2.40. The number of aliphatic hydroxyl groups excluding tert-OH is 1. The van der Waals surface area contributed by atoms with Crippen LogP contribution >= 0.6 is 0 Å². The van der Waals surface area contributed by atoms with E-state index in [0.29, 0.717) is 36.3 Å². The molecule has 3 rings (SSSR count). The van der Waals surface area contributed by atoms with Gasteiger partial charge in [0.1, 0.15) is 5.82 Å². The molecule has 0 saturated heterocycles. The molecule has 0 unspecified atom stereocenters. The fraction of sp³-hybridized carbons (Fsp3) is 0.522. The smallest absolute Gasteiger partial charge is 0.256 e. The second-order valence-electron chi connectivity index (χ2n) is 8.42. The van der Waals surface area contributed by atoms with Crippen LogP contribution in [0, 0.1) is 12.7 Å². The van der Waals surface area contributed by atoms with E-state index >= 15 is 0 Å². The average molecular weight is 467 g/mol. The molecule has 0 spiro atoms. The van der Waals surface area contributed by atoms with Crippen LogP contribution in [0.3, 0.4) is 0 Å². The molecule has 176 valence electrons. The fourth-order valence-electron chi connectivity index (χ4n) is 4.11. The van der Waals surface area contributed by atoms with E-state index in [1.807, 2.05) is 0 Å². The summed E-state index contributed by atoms with van der Waals surface area (Å²) < 4.78 is 49.6. The van der Waals surface area contributed by atoms with Crippen molar-refractivity contribution < 1.29 is 22.7 Å². The number of hydrogen-bond donors (Lipinski definition) is 2. The van der Waals surface area contributed by atoms with Gasteiger partial charge < -0.3 is 14.4 Å².